The van der Waals surface area contributed by atoms with Crippen molar-refractivity contribution in [2.45, 2.75) is 50.9 Å². The first-order valence-corrected chi connectivity index (χ1v) is 10.6. The number of carbonyl (C=O) groups excluding carboxylic acids is 1. The summed E-state index contributed by atoms with van der Waals surface area (Å²) in [5.74, 6) is 0.220. The zero-order valence-corrected chi connectivity index (χ0v) is 16.5. The van der Waals surface area contributed by atoms with E-state index in [9.17, 15) is 14.7 Å². The quantitative estimate of drug-likeness (QED) is 0.612. The van der Waals surface area contributed by atoms with Crippen molar-refractivity contribution in [3.05, 3.63) is 50.7 Å². The number of carboxylic acid groups (broad SMARTS) is 1. The van der Waals surface area contributed by atoms with E-state index in [1.54, 1.807) is 11.3 Å². The fourth-order valence-corrected chi connectivity index (χ4v) is 5.27. The van der Waals surface area contributed by atoms with Crippen molar-refractivity contribution in [3.63, 3.8) is 0 Å². The van der Waals surface area contributed by atoms with Crippen molar-refractivity contribution >= 4 is 23.1 Å². The highest BCUT2D eigenvalue weighted by atomic mass is 32.1. The summed E-state index contributed by atoms with van der Waals surface area (Å²) < 4.78 is 5.59. The zero-order valence-electron chi connectivity index (χ0n) is 15.7. The molecule has 0 aromatic carbocycles. The Morgan fingerprint density at radius 3 is 2.83 bits per heavy atom. The summed E-state index contributed by atoms with van der Waals surface area (Å²) in [6.45, 7) is 0. The molecule has 29 heavy (non-hydrogen) atoms. The van der Waals surface area contributed by atoms with Crippen LogP contribution in [0, 0.1) is 0 Å². The van der Waals surface area contributed by atoms with Crippen LogP contribution >= 0.6 is 11.3 Å². The Balaban J connectivity index is 1.54. The molecule has 3 heterocycles. The second-order valence-corrected chi connectivity index (χ2v) is 8.76. The number of aromatic nitrogens is 3. The molecule has 0 bridgehead atoms. The summed E-state index contributed by atoms with van der Waals surface area (Å²) >= 11 is 1.61. The number of pyridine rings is 1. The topological polar surface area (TPSA) is 106 Å². The Hall–Kier alpha value is -2.87. The third-order valence-corrected chi connectivity index (χ3v) is 6.81. The maximum atomic E-state index is 13.0. The lowest BCUT2D eigenvalue weighted by Gasteiger charge is -2.11. The second-order valence-electron chi connectivity index (χ2n) is 7.57. The molecule has 0 unspecified atom stereocenters. The van der Waals surface area contributed by atoms with Crippen LogP contribution in [0.25, 0.3) is 11.5 Å². The van der Waals surface area contributed by atoms with Gasteiger partial charge in [-0.1, -0.05) is 5.16 Å². The molecule has 0 spiro atoms. The number of nitrogens with zero attached hydrogens (tertiary/aromatic N) is 3. The summed E-state index contributed by atoms with van der Waals surface area (Å²) in [4.78, 5) is 35.2. The molecule has 1 fully saturated rings. The van der Waals surface area contributed by atoms with E-state index in [0.717, 1.165) is 54.8 Å². The molecular weight excluding hydrogens is 390 g/mol. The molecule has 0 atom stereocenters. The van der Waals surface area contributed by atoms with E-state index in [0.29, 0.717) is 11.8 Å². The molecule has 3 aromatic rings. The van der Waals surface area contributed by atoms with Crippen molar-refractivity contribution in [1.29, 1.82) is 0 Å². The molecule has 8 heteroatoms. The normalized spacial score (nSPS) is 15.9. The smallest absolute Gasteiger partial charge is 0.336 e. The van der Waals surface area contributed by atoms with Crippen molar-refractivity contribution in [3.8, 4) is 11.5 Å². The average Bonchev–Trinajstić information content (AvgIpc) is 3.35. The van der Waals surface area contributed by atoms with Gasteiger partial charge in [0.25, 0.3) is 5.89 Å². The Morgan fingerprint density at radius 1 is 1.21 bits per heavy atom. The SMILES string of the molecule is O=C(O)c1ccncc1C(=O)Cc1sc2c(c1-c1nc(C3CC3)no1)CCCC2. The van der Waals surface area contributed by atoms with Crippen LogP contribution in [-0.2, 0) is 19.3 Å². The van der Waals surface area contributed by atoms with Gasteiger partial charge in [-0.25, -0.2) is 4.79 Å². The van der Waals surface area contributed by atoms with Crippen molar-refractivity contribution < 1.29 is 19.2 Å². The van der Waals surface area contributed by atoms with Crippen LogP contribution in [0.5, 0.6) is 0 Å². The zero-order chi connectivity index (χ0) is 20.0. The number of Topliss-reactive ketones (excluding diaryl/α,β-unsaturated/α-hetero) is 1. The van der Waals surface area contributed by atoms with Gasteiger partial charge in [-0.15, -0.1) is 11.3 Å². The molecule has 0 amide bonds. The third-order valence-electron chi connectivity index (χ3n) is 5.52. The van der Waals surface area contributed by atoms with Gasteiger partial charge >= 0.3 is 5.97 Å². The van der Waals surface area contributed by atoms with Gasteiger partial charge in [0, 0.05) is 34.5 Å². The summed E-state index contributed by atoms with van der Waals surface area (Å²) in [5.41, 5.74) is 2.20. The molecule has 0 saturated heterocycles. The molecular formula is C21H19N3O4S. The van der Waals surface area contributed by atoms with Crippen LogP contribution in [0.3, 0.4) is 0 Å². The van der Waals surface area contributed by atoms with E-state index in [1.807, 2.05) is 0 Å². The third kappa shape index (κ3) is 3.37. The number of fused-ring (bicyclic) bond motifs is 1. The first-order chi connectivity index (χ1) is 14.1. The number of aromatic carboxylic acids is 1. The van der Waals surface area contributed by atoms with Crippen LogP contribution < -0.4 is 0 Å². The van der Waals surface area contributed by atoms with Gasteiger partial charge in [-0.2, -0.15) is 4.98 Å². The minimum atomic E-state index is -1.13. The van der Waals surface area contributed by atoms with Crippen molar-refractivity contribution in [1.82, 2.24) is 15.1 Å². The second kappa shape index (κ2) is 7.18. The lowest BCUT2D eigenvalue weighted by atomic mass is 9.93. The van der Waals surface area contributed by atoms with Crippen LogP contribution in [0.1, 0.15) is 73.5 Å². The van der Waals surface area contributed by atoms with Gasteiger partial charge in [0.05, 0.1) is 16.7 Å². The molecule has 7 nitrogen and oxygen atoms in total. The highest BCUT2D eigenvalue weighted by Crippen LogP contribution is 2.43. The minimum absolute atomic E-state index is 0.0262. The van der Waals surface area contributed by atoms with Gasteiger partial charge in [-0.05, 0) is 50.2 Å². The Labute approximate surface area is 170 Å². The van der Waals surface area contributed by atoms with E-state index in [4.69, 9.17) is 4.52 Å². The summed E-state index contributed by atoms with van der Waals surface area (Å²) in [5, 5.41) is 13.5. The number of carbonyl (C=O) groups is 2. The van der Waals surface area contributed by atoms with Crippen molar-refractivity contribution in [2.75, 3.05) is 0 Å². The summed E-state index contributed by atoms with van der Waals surface area (Å²) in [6.07, 6.45) is 9.13. The lowest BCUT2D eigenvalue weighted by Crippen LogP contribution is -2.11. The molecule has 2 aliphatic carbocycles. The number of aryl methyl sites for hydroxylation is 1. The molecule has 5 rings (SSSR count). The van der Waals surface area contributed by atoms with Gasteiger partial charge in [0.2, 0.25) is 0 Å². The maximum Gasteiger partial charge on any atom is 0.336 e. The van der Waals surface area contributed by atoms with Crippen molar-refractivity contribution in [2.24, 2.45) is 0 Å². The van der Waals surface area contributed by atoms with E-state index < -0.39 is 5.97 Å². The van der Waals surface area contributed by atoms with Crippen LogP contribution in [0.15, 0.2) is 23.0 Å². The molecule has 0 radical (unpaired) electrons. The average molecular weight is 409 g/mol. The molecule has 2 aliphatic rings. The van der Waals surface area contributed by atoms with Gasteiger partial charge < -0.3 is 9.63 Å². The lowest BCUT2D eigenvalue weighted by molar-refractivity contribution is 0.0691. The number of carboxylic acids is 1. The fourth-order valence-electron chi connectivity index (χ4n) is 3.88. The highest BCUT2D eigenvalue weighted by molar-refractivity contribution is 7.12. The predicted octanol–water partition coefficient (Wildman–Crippen LogP) is 4.07. The number of ketones is 1. The van der Waals surface area contributed by atoms with Crippen LogP contribution in [0.2, 0.25) is 0 Å². The van der Waals surface area contributed by atoms with E-state index >= 15 is 0 Å². The Morgan fingerprint density at radius 2 is 2.03 bits per heavy atom. The molecule has 148 valence electrons. The maximum absolute atomic E-state index is 13.0. The largest absolute Gasteiger partial charge is 0.478 e. The molecule has 1 saturated carbocycles. The monoisotopic (exact) mass is 409 g/mol. The molecule has 0 aliphatic heterocycles. The Kier molecular flexibility index (Phi) is 4.50. The standard InChI is InChI=1S/C21H19N3O4S/c25-15(14-10-22-8-7-12(14)21(26)27)9-17-18(13-3-1-2-4-16(13)29-17)20-23-19(24-28-20)11-5-6-11/h7-8,10-11H,1-6,9H2,(H,26,27). The van der Waals surface area contributed by atoms with Crippen LogP contribution in [-0.4, -0.2) is 32.0 Å². The van der Waals surface area contributed by atoms with Crippen LogP contribution in [0.4, 0.5) is 0 Å². The van der Waals surface area contributed by atoms with E-state index in [2.05, 4.69) is 15.1 Å². The van der Waals surface area contributed by atoms with Gasteiger partial charge in [0.1, 0.15) is 0 Å². The number of hydrogen-bond acceptors (Lipinski definition) is 7. The Bertz CT molecular complexity index is 1110. The minimum Gasteiger partial charge on any atom is -0.478 e. The summed E-state index contributed by atoms with van der Waals surface area (Å²) in [7, 11) is 0. The van der Waals surface area contributed by atoms with E-state index in [-0.39, 0.29) is 23.3 Å². The summed E-state index contributed by atoms with van der Waals surface area (Å²) in [6, 6.07) is 1.36. The number of hydrogen-bond donors (Lipinski definition) is 1. The first kappa shape index (κ1) is 18.2. The molecule has 1 N–H and O–H groups in total. The fraction of sp³-hybridized carbons (Fsp3) is 0.381. The number of thiophene rings is 1. The first-order valence-electron chi connectivity index (χ1n) is 9.79. The highest BCUT2D eigenvalue weighted by Gasteiger charge is 2.32. The predicted molar refractivity (Wildman–Crippen MR) is 105 cm³/mol. The van der Waals surface area contributed by atoms with Gasteiger partial charge in [-0.3, -0.25) is 9.78 Å². The van der Waals surface area contributed by atoms with Gasteiger partial charge in [0.15, 0.2) is 11.6 Å². The number of rotatable bonds is 6. The van der Waals surface area contributed by atoms with E-state index in [1.165, 1.54) is 28.9 Å². The molecule has 3 aromatic heterocycles.